The summed E-state index contributed by atoms with van der Waals surface area (Å²) >= 11 is 0. The predicted octanol–water partition coefficient (Wildman–Crippen LogP) is 4.76. The van der Waals surface area contributed by atoms with Crippen LogP contribution in [0.1, 0.15) is 30.5 Å². The summed E-state index contributed by atoms with van der Waals surface area (Å²) in [4.78, 5) is 0. The van der Waals surface area contributed by atoms with Crippen LogP contribution < -0.4 is 9.47 Å². The minimum Gasteiger partial charge on any atom is -0.508 e. The first-order valence-electron chi connectivity index (χ1n) is 7.54. The lowest BCUT2D eigenvalue weighted by Crippen LogP contribution is -2.27. The molecule has 0 unspecified atom stereocenters. The van der Waals surface area contributed by atoms with Gasteiger partial charge in [0.1, 0.15) is 22.8 Å². The smallest absolute Gasteiger partial charge is 0.132 e. The Morgan fingerprint density at radius 2 is 1.74 bits per heavy atom. The molecule has 0 radical (unpaired) electrons. The number of benzene rings is 2. The minimum atomic E-state index is -0.322. The largest absolute Gasteiger partial charge is 0.508 e. The van der Waals surface area contributed by atoms with Crippen LogP contribution in [-0.4, -0.2) is 17.8 Å². The first-order chi connectivity index (χ1) is 11.0. The number of hydrogen-bond donors (Lipinski definition) is 1. The molecule has 1 aliphatic heterocycles. The van der Waals surface area contributed by atoms with Crippen molar-refractivity contribution in [3.63, 3.8) is 0 Å². The van der Waals surface area contributed by atoms with E-state index in [0.717, 1.165) is 28.2 Å². The molecule has 0 fully saturated rings. The third-order valence-electron chi connectivity index (χ3n) is 3.73. The topological polar surface area (TPSA) is 38.7 Å². The molecule has 3 rings (SSSR count). The van der Waals surface area contributed by atoms with Crippen molar-refractivity contribution in [1.82, 2.24) is 0 Å². The zero-order valence-electron chi connectivity index (χ0n) is 13.5. The second-order valence-electron chi connectivity index (χ2n) is 6.10. The van der Waals surface area contributed by atoms with E-state index in [1.54, 1.807) is 19.2 Å². The van der Waals surface area contributed by atoms with E-state index < -0.39 is 0 Å². The fourth-order valence-corrected chi connectivity index (χ4v) is 2.51. The molecule has 118 valence electrons. The van der Waals surface area contributed by atoms with Gasteiger partial charge < -0.3 is 14.6 Å². The molecular formula is C20H20O3. The number of rotatable bonds is 3. The Kier molecular flexibility index (Phi) is 3.87. The third-order valence-corrected chi connectivity index (χ3v) is 3.73. The van der Waals surface area contributed by atoms with Gasteiger partial charge in [0.2, 0.25) is 0 Å². The summed E-state index contributed by atoms with van der Waals surface area (Å²) in [6.07, 6.45) is 8.07. The molecule has 2 aromatic rings. The summed E-state index contributed by atoms with van der Waals surface area (Å²) in [5, 5.41) is 9.33. The quantitative estimate of drug-likeness (QED) is 0.831. The summed E-state index contributed by atoms with van der Waals surface area (Å²) in [5.74, 6) is 1.88. The van der Waals surface area contributed by atoms with Gasteiger partial charge in [-0.15, -0.1) is 0 Å². The van der Waals surface area contributed by atoms with Crippen LogP contribution in [0.25, 0.3) is 18.2 Å². The van der Waals surface area contributed by atoms with Gasteiger partial charge in [0, 0.05) is 0 Å². The standard InChI is InChI=1S/C20H20O3/c1-20(2)11-10-17-18(22-3)12-15(13-19(17)23-20)5-4-14-6-8-16(21)9-7-14/h4-13,21H,1-3H3. The summed E-state index contributed by atoms with van der Waals surface area (Å²) in [7, 11) is 1.66. The maximum absolute atomic E-state index is 9.33. The number of aromatic hydroxyl groups is 1. The monoisotopic (exact) mass is 308 g/mol. The number of methoxy groups -OCH3 is 1. The van der Waals surface area contributed by atoms with Crippen molar-refractivity contribution < 1.29 is 14.6 Å². The van der Waals surface area contributed by atoms with Crippen LogP contribution >= 0.6 is 0 Å². The second-order valence-corrected chi connectivity index (χ2v) is 6.10. The number of fused-ring (bicyclic) bond motifs is 1. The summed E-state index contributed by atoms with van der Waals surface area (Å²) in [6.45, 7) is 4.05. The molecule has 3 nitrogen and oxygen atoms in total. The highest BCUT2D eigenvalue weighted by Crippen LogP contribution is 2.38. The lowest BCUT2D eigenvalue weighted by molar-refractivity contribution is 0.158. The van der Waals surface area contributed by atoms with Crippen LogP contribution in [0.5, 0.6) is 17.2 Å². The molecule has 0 aromatic heterocycles. The van der Waals surface area contributed by atoms with E-state index >= 15 is 0 Å². The van der Waals surface area contributed by atoms with Crippen molar-refractivity contribution in [2.75, 3.05) is 7.11 Å². The minimum absolute atomic E-state index is 0.264. The van der Waals surface area contributed by atoms with E-state index in [4.69, 9.17) is 9.47 Å². The van der Waals surface area contributed by atoms with Gasteiger partial charge in [-0.25, -0.2) is 0 Å². The highest BCUT2D eigenvalue weighted by molar-refractivity contribution is 5.75. The van der Waals surface area contributed by atoms with Gasteiger partial charge in [-0.1, -0.05) is 24.3 Å². The van der Waals surface area contributed by atoms with Gasteiger partial charge in [-0.05, 0) is 61.4 Å². The van der Waals surface area contributed by atoms with E-state index in [0.29, 0.717) is 0 Å². The molecule has 0 aliphatic carbocycles. The molecule has 1 aliphatic rings. The maximum atomic E-state index is 9.33. The Morgan fingerprint density at radius 1 is 1.04 bits per heavy atom. The van der Waals surface area contributed by atoms with Crippen LogP contribution in [0, 0.1) is 0 Å². The lowest BCUT2D eigenvalue weighted by Gasteiger charge is -2.28. The van der Waals surface area contributed by atoms with Crippen molar-refractivity contribution in [3.8, 4) is 17.2 Å². The molecular weight excluding hydrogens is 288 g/mol. The van der Waals surface area contributed by atoms with Gasteiger partial charge in [0.25, 0.3) is 0 Å². The van der Waals surface area contributed by atoms with E-state index in [9.17, 15) is 5.11 Å². The second kappa shape index (κ2) is 5.84. The zero-order valence-corrected chi connectivity index (χ0v) is 13.5. The van der Waals surface area contributed by atoms with Gasteiger partial charge in [-0.2, -0.15) is 0 Å². The van der Waals surface area contributed by atoms with Crippen LogP contribution in [-0.2, 0) is 0 Å². The average Bonchev–Trinajstić information content (AvgIpc) is 2.52. The van der Waals surface area contributed by atoms with Crippen LogP contribution in [0.4, 0.5) is 0 Å². The Hall–Kier alpha value is -2.68. The van der Waals surface area contributed by atoms with Gasteiger partial charge in [0.05, 0.1) is 12.7 Å². The van der Waals surface area contributed by atoms with E-state index in [1.165, 1.54) is 0 Å². The molecule has 0 saturated heterocycles. The van der Waals surface area contributed by atoms with E-state index in [2.05, 4.69) is 0 Å². The summed E-state index contributed by atoms with van der Waals surface area (Å²) in [5.41, 5.74) is 2.66. The van der Waals surface area contributed by atoms with Crippen molar-refractivity contribution in [3.05, 3.63) is 59.2 Å². The Morgan fingerprint density at radius 3 is 2.43 bits per heavy atom. The van der Waals surface area contributed by atoms with Crippen LogP contribution in [0.2, 0.25) is 0 Å². The fraction of sp³-hybridized carbons (Fsp3) is 0.200. The number of ether oxygens (including phenoxy) is 2. The van der Waals surface area contributed by atoms with Crippen LogP contribution in [0.3, 0.4) is 0 Å². The van der Waals surface area contributed by atoms with Crippen molar-refractivity contribution in [2.45, 2.75) is 19.4 Å². The average molecular weight is 308 g/mol. The molecule has 23 heavy (non-hydrogen) atoms. The fourth-order valence-electron chi connectivity index (χ4n) is 2.51. The molecule has 1 N–H and O–H groups in total. The molecule has 0 bridgehead atoms. The summed E-state index contributed by atoms with van der Waals surface area (Å²) in [6, 6.07) is 11.1. The zero-order chi connectivity index (χ0) is 16.4. The first-order valence-corrected chi connectivity index (χ1v) is 7.54. The van der Waals surface area contributed by atoms with Crippen molar-refractivity contribution >= 4 is 18.2 Å². The lowest BCUT2D eigenvalue weighted by atomic mass is 10.00. The number of phenolic OH excluding ortho intramolecular Hbond substituents is 1. The third kappa shape index (κ3) is 3.39. The molecule has 2 aromatic carbocycles. The molecule has 0 atom stereocenters. The van der Waals surface area contributed by atoms with Gasteiger partial charge in [0.15, 0.2) is 0 Å². The van der Waals surface area contributed by atoms with E-state index in [-0.39, 0.29) is 11.4 Å². The van der Waals surface area contributed by atoms with Crippen LogP contribution in [0.15, 0.2) is 42.5 Å². The number of hydrogen-bond acceptors (Lipinski definition) is 3. The predicted molar refractivity (Wildman–Crippen MR) is 93.8 cm³/mol. The SMILES string of the molecule is COc1cc(C=Cc2ccc(O)cc2)cc2c1C=CC(C)(C)O2. The Bertz CT molecular complexity index is 768. The normalized spacial score (nSPS) is 15.3. The van der Waals surface area contributed by atoms with E-state index in [1.807, 2.05) is 62.4 Å². The molecule has 0 amide bonds. The first kappa shape index (κ1) is 15.2. The number of phenols is 1. The Labute approximate surface area is 136 Å². The maximum Gasteiger partial charge on any atom is 0.132 e. The summed E-state index contributed by atoms with van der Waals surface area (Å²) < 4.78 is 11.5. The molecule has 0 spiro atoms. The highest BCUT2D eigenvalue weighted by Gasteiger charge is 2.23. The molecule has 1 heterocycles. The van der Waals surface area contributed by atoms with Crippen molar-refractivity contribution in [1.29, 1.82) is 0 Å². The molecule has 3 heteroatoms. The Balaban J connectivity index is 1.95. The highest BCUT2D eigenvalue weighted by atomic mass is 16.5. The van der Waals surface area contributed by atoms with Gasteiger partial charge in [-0.3, -0.25) is 0 Å². The van der Waals surface area contributed by atoms with Crippen molar-refractivity contribution in [2.24, 2.45) is 0 Å². The van der Waals surface area contributed by atoms with Gasteiger partial charge >= 0.3 is 0 Å². The molecule has 0 saturated carbocycles.